The van der Waals surface area contributed by atoms with Crippen molar-refractivity contribution in [2.45, 2.75) is 11.4 Å². The minimum absolute atomic E-state index is 0.202. The molecule has 3 aromatic rings. The SMILES string of the molecule is CN(Cc1ccccc1)C(=O)c1ccc(NS(=O)(=O)c2cccc([N+](=O)[O-])c2)cc1. The average Bonchev–Trinajstić information content (AvgIpc) is 2.74. The standard InChI is InChI=1S/C21H19N3O5S/c1-23(15-16-6-3-2-4-7-16)21(25)17-10-12-18(13-11-17)22-30(28,29)20-9-5-8-19(14-20)24(26)27/h2-14,22H,15H2,1H3. The third-order valence-electron chi connectivity index (χ3n) is 4.33. The van der Waals surface area contributed by atoms with E-state index in [1.165, 1.54) is 42.5 Å². The summed E-state index contributed by atoms with van der Waals surface area (Å²) in [5.41, 5.74) is 1.32. The lowest BCUT2D eigenvalue weighted by Crippen LogP contribution is -2.26. The number of benzene rings is 3. The molecule has 0 aliphatic rings. The first-order valence-corrected chi connectivity index (χ1v) is 10.4. The van der Waals surface area contributed by atoms with Crippen molar-refractivity contribution in [3.63, 3.8) is 0 Å². The van der Waals surface area contributed by atoms with E-state index in [4.69, 9.17) is 0 Å². The second-order valence-corrected chi connectivity index (χ2v) is 8.27. The molecule has 3 rings (SSSR count). The second-order valence-electron chi connectivity index (χ2n) is 6.58. The van der Waals surface area contributed by atoms with Crippen LogP contribution in [0.15, 0.2) is 83.8 Å². The molecule has 0 aliphatic heterocycles. The van der Waals surface area contributed by atoms with Crippen molar-refractivity contribution in [2.75, 3.05) is 11.8 Å². The molecule has 8 nitrogen and oxygen atoms in total. The van der Waals surface area contributed by atoms with Crippen molar-refractivity contribution in [3.8, 4) is 0 Å². The predicted octanol–water partition coefficient (Wildman–Crippen LogP) is 3.67. The van der Waals surface area contributed by atoms with Crippen LogP contribution >= 0.6 is 0 Å². The van der Waals surface area contributed by atoms with Gasteiger partial charge in [-0.05, 0) is 35.9 Å². The predicted molar refractivity (Wildman–Crippen MR) is 113 cm³/mol. The highest BCUT2D eigenvalue weighted by atomic mass is 32.2. The molecular formula is C21H19N3O5S. The molecule has 30 heavy (non-hydrogen) atoms. The van der Waals surface area contributed by atoms with Gasteiger partial charge in [-0.1, -0.05) is 36.4 Å². The van der Waals surface area contributed by atoms with Crippen molar-refractivity contribution in [1.82, 2.24) is 4.90 Å². The Labute approximate surface area is 174 Å². The fourth-order valence-corrected chi connectivity index (χ4v) is 3.91. The number of nitro groups is 1. The molecule has 0 spiro atoms. The Kier molecular flexibility index (Phi) is 6.12. The monoisotopic (exact) mass is 425 g/mol. The largest absolute Gasteiger partial charge is 0.337 e. The van der Waals surface area contributed by atoms with E-state index in [1.54, 1.807) is 11.9 Å². The van der Waals surface area contributed by atoms with E-state index in [0.29, 0.717) is 12.1 Å². The van der Waals surface area contributed by atoms with Crippen LogP contribution in [-0.4, -0.2) is 31.2 Å². The van der Waals surface area contributed by atoms with Crippen molar-refractivity contribution in [1.29, 1.82) is 0 Å². The third kappa shape index (κ3) is 5.00. The topological polar surface area (TPSA) is 110 Å². The Morgan fingerprint density at radius 3 is 2.30 bits per heavy atom. The molecule has 0 radical (unpaired) electrons. The zero-order valence-corrected chi connectivity index (χ0v) is 16.9. The molecule has 3 aromatic carbocycles. The summed E-state index contributed by atoms with van der Waals surface area (Å²) in [6.07, 6.45) is 0. The number of anilines is 1. The summed E-state index contributed by atoms with van der Waals surface area (Å²) in [6.45, 7) is 0.445. The van der Waals surface area contributed by atoms with Crippen LogP contribution in [0.5, 0.6) is 0 Å². The minimum atomic E-state index is -4.01. The lowest BCUT2D eigenvalue weighted by molar-refractivity contribution is -0.385. The molecule has 154 valence electrons. The smallest absolute Gasteiger partial charge is 0.270 e. The number of hydrogen-bond acceptors (Lipinski definition) is 5. The van der Waals surface area contributed by atoms with Crippen LogP contribution in [0.4, 0.5) is 11.4 Å². The van der Waals surface area contributed by atoms with Gasteiger partial charge < -0.3 is 4.90 Å². The quantitative estimate of drug-likeness (QED) is 0.459. The first kappa shape index (κ1) is 21.0. The van der Waals surface area contributed by atoms with Gasteiger partial charge >= 0.3 is 0 Å². The maximum atomic E-state index is 12.6. The molecule has 0 saturated heterocycles. The summed E-state index contributed by atoms with van der Waals surface area (Å²) < 4.78 is 27.4. The van der Waals surface area contributed by atoms with Gasteiger partial charge in [0.15, 0.2) is 0 Å². The first-order valence-electron chi connectivity index (χ1n) is 8.93. The van der Waals surface area contributed by atoms with E-state index in [1.807, 2.05) is 30.3 Å². The summed E-state index contributed by atoms with van der Waals surface area (Å²) in [4.78, 5) is 24.1. The van der Waals surface area contributed by atoms with E-state index >= 15 is 0 Å². The third-order valence-corrected chi connectivity index (χ3v) is 5.71. The summed E-state index contributed by atoms with van der Waals surface area (Å²) in [5.74, 6) is -0.202. The van der Waals surface area contributed by atoms with Gasteiger partial charge in [-0.2, -0.15) is 0 Å². The van der Waals surface area contributed by atoms with Gasteiger partial charge in [-0.3, -0.25) is 19.6 Å². The number of nitrogens with zero attached hydrogens (tertiary/aromatic N) is 2. The number of nitro benzene ring substituents is 1. The second kappa shape index (κ2) is 8.75. The highest BCUT2D eigenvalue weighted by molar-refractivity contribution is 7.92. The van der Waals surface area contributed by atoms with E-state index in [2.05, 4.69) is 4.72 Å². The van der Waals surface area contributed by atoms with Crippen molar-refractivity contribution < 1.29 is 18.1 Å². The van der Waals surface area contributed by atoms with Crippen LogP contribution in [0.25, 0.3) is 0 Å². The fraction of sp³-hybridized carbons (Fsp3) is 0.0952. The highest BCUT2D eigenvalue weighted by Crippen LogP contribution is 2.21. The summed E-state index contributed by atoms with van der Waals surface area (Å²) in [7, 11) is -2.32. The normalized spacial score (nSPS) is 11.0. The number of nitrogens with one attached hydrogen (secondary N) is 1. The van der Waals surface area contributed by atoms with E-state index in [-0.39, 0.29) is 22.2 Å². The maximum absolute atomic E-state index is 12.6. The van der Waals surface area contributed by atoms with Gasteiger partial charge in [0.05, 0.1) is 9.82 Å². The summed E-state index contributed by atoms with van der Waals surface area (Å²) >= 11 is 0. The number of sulfonamides is 1. The highest BCUT2D eigenvalue weighted by Gasteiger charge is 2.18. The molecular weight excluding hydrogens is 406 g/mol. The molecule has 0 bridgehead atoms. The van der Waals surface area contributed by atoms with E-state index < -0.39 is 14.9 Å². The molecule has 0 fully saturated rings. The lowest BCUT2D eigenvalue weighted by Gasteiger charge is -2.17. The Morgan fingerprint density at radius 1 is 1.00 bits per heavy atom. The van der Waals surface area contributed by atoms with Crippen molar-refractivity contribution in [3.05, 3.63) is 100 Å². The van der Waals surface area contributed by atoms with Crippen LogP contribution in [0.1, 0.15) is 15.9 Å². The molecule has 9 heteroatoms. The Morgan fingerprint density at radius 2 is 1.67 bits per heavy atom. The van der Waals surface area contributed by atoms with E-state index in [0.717, 1.165) is 11.6 Å². The number of hydrogen-bond donors (Lipinski definition) is 1. The molecule has 0 aliphatic carbocycles. The molecule has 0 atom stereocenters. The number of carbonyl (C=O) groups excluding carboxylic acids is 1. The number of carbonyl (C=O) groups is 1. The fourth-order valence-electron chi connectivity index (χ4n) is 2.81. The average molecular weight is 425 g/mol. The number of rotatable bonds is 7. The number of non-ortho nitro benzene ring substituents is 1. The Bertz CT molecular complexity index is 1160. The van der Waals surface area contributed by atoms with Gasteiger partial charge in [0, 0.05) is 37.0 Å². The van der Waals surface area contributed by atoms with Gasteiger partial charge in [-0.25, -0.2) is 8.42 Å². The van der Waals surface area contributed by atoms with Crippen molar-refractivity contribution >= 4 is 27.3 Å². The van der Waals surface area contributed by atoms with Gasteiger partial charge in [-0.15, -0.1) is 0 Å². The van der Waals surface area contributed by atoms with Gasteiger partial charge in [0.2, 0.25) is 0 Å². The van der Waals surface area contributed by atoms with Crippen LogP contribution in [0.2, 0.25) is 0 Å². The molecule has 0 unspecified atom stereocenters. The number of amides is 1. The minimum Gasteiger partial charge on any atom is -0.337 e. The lowest BCUT2D eigenvalue weighted by atomic mass is 10.1. The Balaban J connectivity index is 1.71. The maximum Gasteiger partial charge on any atom is 0.270 e. The zero-order valence-electron chi connectivity index (χ0n) is 16.1. The van der Waals surface area contributed by atoms with Gasteiger partial charge in [0.1, 0.15) is 0 Å². The van der Waals surface area contributed by atoms with Crippen molar-refractivity contribution in [2.24, 2.45) is 0 Å². The summed E-state index contributed by atoms with van der Waals surface area (Å²) in [5, 5.41) is 10.9. The molecule has 1 amide bonds. The van der Waals surface area contributed by atoms with Crippen LogP contribution < -0.4 is 4.72 Å². The van der Waals surface area contributed by atoms with Crippen LogP contribution in [-0.2, 0) is 16.6 Å². The van der Waals surface area contributed by atoms with E-state index in [9.17, 15) is 23.3 Å². The van der Waals surface area contributed by atoms with Gasteiger partial charge in [0.25, 0.3) is 21.6 Å². The molecule has 0 aromatic heterocycles. The zero-order chi connectivity index (χ0) is 21.7. The first-order chi connectivity index (χ1) is 14.3. The molecule has 1 N–H and O–H groups in total. The Hall–Kier alpha value is -3.72. The van der Waals surface area contributed by atoms with Crippen LogP contribution in [0, 0.1) is 10.1 Å². The molecule has 0 saturated carbocycles. The molecule has 0 heterocycles. The summed E-state index contributed by atoms with van der Waals surface area (Å²) in [6, 6.07) is 20.3. The van der Waals surface area contributed by atoms with Crippen LogP contribution in [0.3, 0.4) is 0 Å².